The summed E-state index contributed by atoms with van der Waals surface area (Å²) in [6.45, 7) is 5.81. The molecule has 0 radical (unpaired) electrons. The molecule has 112 valence electrons. The third kappa shape index (κ3) is 3.11. The number of fused-ring (bicyclic) bond motifs is 1. The average molecular weight is 298 g/mol. The zero-order chi connectivity index (χ0) is 16.1. The molecule has 0 aliphatic rings. The Morgan fingerprint density at radius 2 is 1.57 bits per heavy atom. The van der Waals surface area contributed by atoms with E-state index in [-0.39, 0.29) is 0 Å². The highest BCUT2D eigenvalue weighted by atomic mass is 14.8. The lowest BCUT2D eigenvalue weighted by Crippen LogP contribution is -1.98. The molecule has 1 aromatic heterocycles. The van der Waals surface area contributed by atoms with Crippen LogP contribution in [-0.4, -0.2) is 9.97 Å². The van der Waals surface area contributed by atoms with Crippen LogP contribution in [0.4, 0.5) is 0 Å². The van der Waals surface area contributed by atoms with E-state index >= 15 is 0 Å². The molecular weight excluding hydrogens is 280 g/mol. The van der Waals surface area contributed by atoms with Gasteiger partial charge in [0.15, 0.2) is 0 Å². The van der Waals surface area contributed by atoms with E-state index in [1.54, 1.807) is 6.08 Å². The van der Waals surface area contributed by atoms with Crippen LogP contribution in [0.3, 0.4) is 0 Å². The molecule has 0 unspecified atom stereocenters. The first-order valence-corrected chi connectivity index (χ1v) is 7.61. The van der Waals surface area contributed by atoms with Crippen LogP contribution in [0.5, 0.6) is 0 Å². The van der Waals surface area contributed by atoms with Gasteiger partial charge in [0.25, 0.3) is 0 Å². The molecule has 0 atom stereocenters. The molecule has 3 aromatic rings. The smallest absolute Gasteiger partial charge is 0.0973 e. The number of hydrogen-bond acceptors (Lipinski definition) is 2. The van der Waals surface area contributed by atoms with E-state index in [2.05, 4.69) is 18.7 Å². The molecule has 2 aromatic carbocycles. The number of aromatic nitrogens is 2. The first-order valence-electron chi connectivity index (χ1n) is 7.61. The molecule has 0 saturated heterocycles. The van der Waals surface area contributed by atoms with E-state index in [4.69, 9.17) is 9.97 Å². The Morgan fingerprint density at radius 1 is 0.913 bits per heavy atom. The predicted molar refractivity (Wildman–Crippen MR) is 98.0 cm³/mol. The lowest BCUT2D eigenvalue weighted by molar-refractivity contribution is 1.25. The van der Waals surface area contributed by atoms with Gasteiger partial charge < -0.3 is 0 Å². The minimum atomic E-state index is 0.868. The first-order chi connectivity index (χ1) is 11.3. The minimum Gasteiger partial charge on any atom is -0.244 e. The van der Waals surface area contributed by atoms with Crippen molar-refractivity contribution in [3.63, 3.8) is 0 Å². The van der Waals surface area contributed by atoms with Crippen LogP contribution in [0.1, 0.15) is 12.6 Å². The topological polar surface area (TPSA) is 25.8 Å². The lowest BCUT2D eigenvalue weighted by atomic mass is 10.0. The summed E-state index contributed by atoms with van der Waals surface area (Å²) in [6, 6.07) is 18.1. The fourth-order valence-electron chi connectivity index (χ4n) is 2.52. The highest BCUT2D eigenvalue weighted by Crippen LogP contribution is 2.28. The zero-order valence-electron chi connectivity index (χ0n) is 13.1. The Balaban J connectivity index is 2.33. The second kappa shape index (κ2) is 6.84. The molecule has 1 heterocycles. The van der Waals surface area contributed by atoms with Gasteiger partial charge in [0.1, 0.15) is 0 Å². The average Bonchev–Trinajstić information content (AvgIpc) is 2.61. The summed E-state index contributed by atoms with van der Waals surface area (Å²) in [5.74, 6) is 0. The van der Waals surface area contributed by atoms with Gasteiger partial charge >= 0.3 is 0 Å². The van der Waals surface area contributed by atoms with E-state index in [0.29, 0.717) is 0 Å². The molecule has 0 spiro atoms. The number of rotatable bonds is 4. The van der Waals surface area contributed by atoms with Gasteiger partial charge in [-0.2, -0.15) is 0 Å². The van der Waals surface area contributed by atoms with Gasteiger partial charge in [-0.1, -0.05) is 73.3 Å². The molecule has 2 nitrogen and oxygen atoms in total. The number of benzene rings is 2. The lowest BCUT2D eigenvalue weighted by Gasteiger charge is -2.11. The summed E-state index contributed by atoms with van der Waals surface area (Å²) >= 11 is 0. The SMILES string of the molecule is C=C/C=C(\C=C/C)c1nc2ccccc2nc1-c1ccccc1. The minimum absolute atomic E-state index is 0.868. The standard InChI is InChI=1S/C21H18N2/c1-3-10-16(11-4-2)20-21(17-12-6-5-7-13-17)23-19-15-9-8-14-18(19)22-20/h3-15H,1H2,2H3/b11-4-,16-10+. The highest BCUT2D eigenvalue weighted by molar-refractivity contribution is 5.87. The van der Waals surface area contributed by atoms with Crippen molar-refractivity contribution in [3.05, 3.63) is 91.2 Å². The van der Waals surface area contributed by atoms with Crippen LogP contribution in [-0.2, 0) is 0 Å². The predicted octanol–water partition coefficient (Wildman–Crippen LogP) is 5.44. The second-order valence-corrected chi connectivity index (χ2v) is 5.13. The summed E-state index contributed by atoms with van der Waals surface area (Å²) in [7, 11) is 0. The quantitative estimate of drug-likeness (QED) is 0.599. The zero-order valence-corrected chi connectivity index (χ0v) is 13.1. The van der Waals surface area contributed by atoms with Crippen LogP contribution < -0.4 is 0 Å². The molecule has 23 heavy (non-hydrogen) atoms. The van der Waals surface area contributed by atoms with Crippen molar-refractivity contribution in [2.45, 2.75) is 6.92 Å². The van der Waals surface area contributed by atoms with Crippen molar-refractivity contribution in [2.75, 3.05) is 0 Å². The van der Waals surface area contributed by atoms with Crippen LogP contribution in [0.25, 0.3) is 27.9 Å². The van der Waals surface area contributed by atoms with Crippen molar-refractivity contribution in [3.8, 4) is 11.3 Å². The maximum absolute atomic E-state index is 4.86. The Morgan fingerprint density at radius 3 is 2.22 bits per heavy atom. The Labute approximate surface area is 136 Å². The molecule has 2 heteroatoms. The summed E-state index contributed by atoms with van der Waals surface area (Å²) in [4.78, 5) is 9.72. The Hall–Kier alpha value is -3.00. The van der Waals surface area contributed by atoms with Gasteiger partial charge in [-0.25, -0.2) is 9.97 Å². The largest absolute Gasteiger partial charge is 0.244 e. The van der Waals surface area contributed by atoms with Crippen LogP contribution in [0, 0.1) is 0 Å². The van der Waals surface area contributed by atoms with Gasteiger partial charge in [0.05, 0.1) is 22.4 Å². The molecule has 0 aliphatic heterocycles. The molecular formula is C21H18N2. The fraction of sp³-hybridized carbons (Fsp3) is 0.0476. The van der Waals surface area contributed by atoms with Crippen molar-refractivity contribution in [2.24, 2.45) is 0 Å². The van der Waals surface area contributed by atoms with E-state index in [1.165, 1.54) is 0 Å². The highest BCUT2D eigenvalue weighted by Gasteiger charge is 2.13. The third-order valence-electron chi connectivity index (χ3n) is 3.53. The van der Waals surface area contributed by atoms with E-state index in [1.807, 2.05) is 67.6 Å². The van der Waals surface area contributed by atoms with E-state index in [0.717, 1.165) is 33.6 Å². The maximum atomic E-state index is 4.86. The number of para-hydroxylation sites is 2. The van der Waals surface area contributed by atoms with Crippen LogP contribution >= 0.6 is 0 Å². The molecule has 0 amide bonds. The third-order valence-corrected chi connectivity index (χ3v) is 3.53. The van der Waals surface area contributed by atoms with E-state index < -0.39 is 0 Å². The fourth-order valence-corrected chi connectivity index (χ4v) is 2.52. The van der Waals surface area contributed by atoms with Crippen molar-refractivity contribution in [1.82, 2.24) is 9.97 Å². The number of nitrogens with zero attached hydrogens (tertiary/aromatic N) is 2. The normalized spacial score (nSPS) is 12.0. The summed E-state index contributed by atoms with van der Waals surface area (Å²) < 4.78 is 0. The molecule has 0 saturated carbocycles. The maximum Gasteiger partial charge on any atom is 0.0973 e. The molecule has 0 N–H and O–H groups in total. The number of allylic oxidation sites excluding steroid dienone is 5. The first kappa shape index (κ1) is 14.9. The Kier molecular flexibility index (Phi) is 4.44. The monoisotopic (exact) mass is 298 g/mol. The molecule has 0 aliphatic carbocycles. The number of hydrogen-bond donors (Lipinski definition) is 0. The van der Waals surface area contributed by atoms with Gasteiger partial charge in [0.2, 0.25) is 0 Å². The Bertz CT molecular complexity index is 890. The van der Waals surface area contributed by atoms with Crippen LogP contribution in [0.15, 0.2) is 85.5 Å². The van der Waals surface area contributed by atoms with E-state index in [9.17, 15) is 0 Å². The van der Waals surface area contributed by atoms with Crippen molar-refractivity contribution in [1.29, 1.82) is 0 Å². The van der Waals surface area contributed by atoms with Gasteiger partial charge in [-0.3, -0.25) is 0 Å². The second-order valence-electron chi connectivity index (χ2n) is 5.13. The van der Waals surface area contributed by atoms with Crippen molar-refractivity contribution >= 4 is 16.6 Å². The molecule has 0 bridgehead atoms. The van der Waals surface area contributed by atoms with Gasteiger partial charge in [-0.15, -0.1) is 0 Å². The summed E-state index contributed by atoms with van der Waals surface area (Å²) in [5.41, 5.74) is 5.60. The van der Waals surface area contributed by atoms with Gasteiger partial charge in [0, 0.05) is 11.1 Å². The molecule has 0 fully saturated rings. The summed E-state index contributed by atoms with van der Waals surface area (Å²) in [5, 5.41) is 0. The molecule has 3 rings (SSSR count). The van der Waals surface area contributed by atoms with Crippen molar-refractivity contribution < 1.29 is 0 Å². The summed E-state index contributed by atoms with van der Waals surface area (Å²) in [6.07, 6.45) is 7.78. The van der Waals surface area contributed by atoms with Crippen LogP contribution in [0.2, 0.25) is 0 Å². The van der Waals surface area contributed by atoms with Gasteiger partial charge in [-0.05, 0) is 19.1 Å².